The number of aromatic carboxylic acids is 1. The molecule has 0 saturated heterocycles. The molecule has 0 fully saturated rings. The zero-order valence-corrected chi connectivity index (χ0v) is 21.0. The first-order valence-corrected chi connectivity index (χ1v) is 11.7. The third kappa shape index (κ3) is 6.07. The first-order valence-electron chi connectivity index (χ1n) is 11.3. The van der Waals surface area contributed by atoms with E-state index in [9.17, 15) is 14.4 Å². The molecule has 12 heteroatoms. The Hall–Kier alpha value is -4.38. The molecule has 0 unspecified atom stereocenters. The number of H-pyrrole nitrogens is 1. The highest BCUT2D eigenvalue weighted by Gasteiger charge is 2.15. The van der Waals surface area contributed by atoms with Crippen LogP contribution in [0.4, 0.5) is 5.69 Å². The second-order valence-electron chi connectivity index (χ2n) is 8.55. The predicted octanol–water partition coefficient (Wildman–Crippen LogP) is 3.10. The predicted molar refractivity (Wildman–Crippen MR) is 135 cm³/mol. The van der Waals surface area contributed by atoms with Gasteiger partial charge in [-0.1, -0.05) is 28.9 Å². The van der Waals surface area contributed by atoms with Crippen LogP contribution in [-0.4, -0.2) is 36.5 Å². The standard InChI is InChI=1S/C25H24ClN5O6/c1-14(2)36-21-9-8-18(10-15(21)3)27-23-28-24(34)31(13-19-11-20(22(32)33)29-37-19)25(35)30(23)12-16-4-6-17(26)7-5-16/h4-11,14H,12-13H2,1-3H3,(H,32,33)(H,27,28,34). The first-order chi connectivity index (χ1) is 17.6. The molecule has 0 atom stereocenters. The van der Waals surface area contributed by atoms with E-state index in [4.69, 9.17) is 26.0 Å². The van der Waals surface area contributed by atoms with E-state index in [0.717, 1.165) is 21.8 Å². The average Bonchev–Trinajstić information content (AvgIpc) is 3.31. The Morgan fingerprint density at radius 1 is 1.14 bits per heavy atom. The SMILES string of the molecule is Cc1cc(/N=c2\[nH]c(=O)n(Cc3cc(C(=O)O)no3)c(=O)n2Cc2ccc(Cl)cc2)ccc1OC(C)C. The second-order valence-corrected chi connectivity index (χ2v) is 8.98. The van der Waals surface area contributed by atoms with Crippen LogP contribution < -0.4 is 21.7 Å². The molecule has 0 aliphatic carbocycles. The van der Waals surface area contributed by atoms with Gasteiger partial charge in [0.1, 0.15) is 5.75 Å². The summed E-state index contributed by atoms with van der Waals surface area (Å²) in [5.74, 6) is -0.549. The van der Waals surface area contributed by atoms with Gasteiger partial charge >= 0.3 is 17.3 Å². The van der Waals surface area contributed by atoms with Crippen molar-refractivity contribution >= 4 is 23.3 Å². The number of halogens is 1. The first kappa shape index (κ1) is 25.7. The number of nitrogens with zero attached hydrogens (tertiary/aromatic N) is 4. The highest BCUT2D eigenvalue weighted by atomic mass is 35.5. The average molecular weight is 526 g/mol. The summed E-state index contributed by atoms with van der Waals surface area (Å²) in [5, 5.41) is 13.0. The molecular weight excluding hydrogens is 502 g/mol. The molecule has 2 aromatic carbocycles. The highest BCUT2D eigenvalue weighted by molar-refractivity contribution is 6.30. The van der Waals surface area contributed by atoms with Gasteiger partial charge in [0.25, 0.3) is 0 Å². The van der Waals surface area contributed by atoms with E-state index in [1.54, 1.807) is 42.5 Å². The maximum atomic E-state index is 13.5. The molecule has 4 rings (SSSR count). The maximum absolute atomic E-state index is 13.5. The number of carboxylic acids is 1. The van der Waals surface area contributed by atoms with Crippen molar-refractivity contribution in [2.75, 3.05) is 0 Å². The van der Waals surface area contributed by atoms with Crippen LogP contribution in [0.15, 0.2) is 67.6 Å². The number of ether oxygens (including phenoxy) is 1. The molecule has 0 aliphatic heterocycles. The van der Waals surface area contributed by atoms with E-state index in [1.807, 2.05) is 20.8 Å². The van der Waals surface area contributed by atoms with Gasteiger partial charge in [-0.05, 0) is 62.2 Å². The topological polar surface area (TPSA) is 145 Å². The molecule has 0 aliphatic rings. The van der Waals surface area contributed by atoms with E-state index in [1.165, 1.54) is 4.57 Å². The Morgan fingerprint density at radius 2 is 1.86 bits per heavy atom. The molecular formula is C25H24ClN5O6. The van der Waals surface area contributed by atoms with Crippen molar-refractivity contribution in [3.05, 3.63) is 103 Å². The van der Waals surface area contributed by atoms with Crippen molar-refractivity contribution in [2.24, 2.45) is 4.99 Å². The number of aromatic amines is 1. The lowest BCUT2D eigenvalue weighted by atomic mass is 10.2. The van der Waals surface area contributed by atoms with E-state index in [2.05, 4.69) is 15.1 Å². The van der Waals surface area contributed by atoms with Gasteiger partial charge in [-0.2, -0.15) is 0 Å². The molecule has 2 heterocycles. The Labute approximate surface area is 215 Å². The van der Waals surface area contributed by atoms with Crippen LogP contribution in [0.25, 0.3) is 0 Å². The number of aromatic nitrogens is 4. The van der Waals surface area contributed by atoms with Crippen LogP contribution in [0.2, 0.25) is 5.02 Å². The molecule has 192 valence electrons. The molecule has 0 bridgehead atoms. The van der Waals surface area contributed by atoms with E-state index >= 15 is 0 Å². The van der Waals surface area contributed by atoms with Gasteiger partial charge in [-0.3, -0.25) is 9.55 Å². The summed E-state index contributed by atoms with van der Waals surface area (Å²) in [6.45, 7) is 5.49. The second kappa shape index (κ2) is 10.7. The zero-order chi connectivity index (χ0) is 26.7. The Balaban J connectivity index is 1.82. The van der Waals surface area contributed by atoms with E-state index < -0.39 is 17.3 Å². The molecule has 0 saturated carbocycles. The third-order valence-electron chi connectivity index (χ3n) is 5.28. The third-order valence-corrected chi connectivity index (χ3v) is 5.54. The summed E-state index contributed by atoms with van der Waals surface area (Å²) in [4.78, 5) is 44.7. The maximum Gasteiger partial charge on any atom is 0.358 e. The molecule has 2 aromatic heterocycles. The van der Waals surface area contributed by atoms with Gasteiger partial charge in [0, 0.05) is 11.1 Å². The summed E-state index contributed by atoms with van der Waals surface area (Å²) in [6.07, 6.45) is 0.00269. The summed E-state index contributed by atoms with van der Waals surface area (Å²) in [7, 11) is 0. The van der Waals surface area contributed by atoms with Crippen molar-refractivity contribution in [1.82, 2.24) is 19.3 Å². The van der Waals surface area contributed by atoms with Crippen LogP contribution in [0, 0.1) is 6.92 Å². The van der Waals surface area contributed by atoms with Gasteiger partial charge in [-0.25, -0.2) is 23.9 Å². The summed E-state index contributed by atoms with van der Waals surface area (Å²) in [5.41, 5.74) is 0.360. The molecule has 4 aromatic rings. The lowest BCUT2D eigenvalue weighted by Gasteiger charge is -2.13. The van der Waals surface area contributed by atoms with Crippen molar-refractivity contribution in [1.29, 1.82) is 0 Å². The van der Waals surface area contributed by atoms with Crippen LogP contribution in [0.3, 0.4) is 0 Å². The van der Waals surface area contributed by atoms with E-state index in [-0.39, 0.29) is 36.3 Å². The number of carbonyl (C=O) groups is 1. The lowest BCUT2D eigenvalue weighted by Crippen LogP contribution is -2.50. The zero-order valence-electron chi connectivity index (χ0n) is 20.3. The van der Waals surface area contributed by atoms with Crippen LogP contribution in [0.5, 0.6) is 5.75 Å². The summed E-state index contributed by atoms with van der Waals surface area (Å²) >= 11 is 6.00. The van der Waals surface area contributed by atoms with Crippen molar-refractivity contribution in [3.8, 4) is 5.75 Å². The molecule has 2 N–H and O–H groups in total. The Morgan fingerprint density at radius 3 is 2.49 bits per heavy atom. The van der Waals surface area contributed by atoms with E-state index in [0.29, 0.717) is 16.5 Å². The highest BCUT2D eigenvalue weighted by Crippen LogP contribution is 2.24. The minimum atomic E-state index is -1.29. The van der Waals surface area contributed by atoms with Crippen molar-refractivity contribution in [2.45, 2.75) is 40.0 Å². The van der Waals surface area contributed by atoms with Gasteiger partial charge in [0.05, 0.1) is 24.9 Å². The van der Waals surface area contributed by atoms with Crippen molar-refractivity contribution in [3.63, 3.8) is 0 Å². The molecule has 37 heavy (non-hydrogen) atoms. The quantitative estimate of drug-likeness (QED) is 0.359. The minimum absolute atomic E-state index is 0.00269. The smallest absolute Gasteiger partial charge is 0.358 e. The fourth-order valence-corrected chi connectivity index (χ4v) is 3.68. The number of nitrogens with one attached hydrogen (secondary N) is 1. The lowest BCUT2D eigenvalue weighted by molar-refractivity contribution is 0.0685. The van der Waals surface area contributed by atoms with Crippen LogP contribution in [-0.2, 0) is 13.1 Å². The minimum Gasteiger partial charge on any atom is -0.491 e. The van der Waals surface area contributed by atoms with Crippen LogP contribution >= 0.6 is 11.6 Å². The monoisotopic (exact) mass is 525 g/mol. The molecule has 0 amide bonds. The molecule has 11 nitrogen and oxygen atoms in total. The number of hydrogen-bond acceptors (Lipinski definition) is 7. The Bertz CT molecular complexity index is 1630. The molecule has 0 spiro atoms. The molecule has 0 radical (unpaired) electrons. The number of aryl methyl sites for hydroxylation is 1. The number of carboxylic acid groups (broad SMARTS) is 1. The van der Waals surface area contributed by atoms with Gasteiger partial charge in [0.15, 0.2) is 11.5 Å². The van der Waals surface area contributed by atoms with Gasteiger partial charge in [-0.15, -0.1) is 0 Å². The normalized spacial score (nSPS) is 11.8. The summed E-state index contributed by atoms with van der Waals surface area (Å²) in [6, 6.07) is 13.3. The number of benzene rings is 2. The summed E-state index contributed by atoms with van der Waals surface area (Å²) < 4.78 is 12.9. The number of hydrogen-bond donors (Lipinski definition) is 2. The van der Waals surface area contributed by atoms with Gasteiger partial charge in [0.2, 0.25) is 5.62 Å². The fourth-order valence-electron chi connectivity index (χ4n) is 3.55. The Kier molecular flexibility index (Phi) is 7.44. The largest absolute Gasteiger partial charge is 0.491 e. The van der Waals surface area contributed by atoms with Crippen molar-refractivity contribution < 1.29 is 19.2 Å². The number of rotatable bonds is 8. The van der Waals surface area contributed by atoms with Crippen LogP contribution in [0.1, 0.15) is 41.2 Å². The fraction of sp³-hybridized carbons (Fsp3) is 0.240. The van der Waals surface area contributed by atoms with Gasteiger partial charge < -0.3 is 14.4 Å².